The van der Waals surface area contributed by atoms with E-state index in [0.29, 0.717) is 5.92 Å². The van der Waals surface area contributed by atoms with Crippen LogP contribution in [0.3, 0.4) is 0 Å². The van der Waals surface area contributed by atoms with Gasteiger partial charge in [0.15, 0.2) is 0 Å². The van der Waals surface area contributed by atoms with Crippen LogP contribution in [0, 0.1) is 0 Å². The highest BCUT2D eigenvalue weighted by atomic mass is 127. The quantitative estimate of drug-likeness (QED) is 0.546. The number of alkyl halides is 1. The molecule has 0 unspecified atom stereocenters. The fourth-order valence-electron chi connectivity index (χ4n) is 2.43. The van der Waals surface area contributed by atoms with Crippen molar-refractivity contribution in [2.75, 3.05) is 4.43 Å². The summed E-state index contributed by atoms with van der Waals surface area (Å²) in [5, 5.41) is 0. The Balaban J connectivity index is 2.31. The van der Waals surface area contributed by atoms with Gasteiger partial charge in [0.2, 0.25) is 0 Å². The molecule has 1 aliphatic carbocycles. The molecule has 2 aromatic rings. The summed E-state index contributed by atoms with van der Waals surface area (Å²) in [7, 11) is 0. The number of benzene rings is 2. The average Bonchev–Trinajstić information content (AvgIpc) is 2.63. The van der Waals surface area contributed by atoms with Crippen LogP contribution in [0.15, 0.2) is 48.5 Å². The zero-order valence-corrected chi connectivity index (χ0v) is 10.4. The Morgan fingerprint density at radius 2 is 1.27 bits per heavy atom. The third kappa shape index (κ3) is 1.33. The zero-order valence-electron chi connectivity index (χ0n) is 8.28. The number of hydrogen-bond donors (Lipinski definition) is 0. The number of halogens is 1. The van der Waals surface area contributed by atoms with Crippen LogP contribution >= 0.6 is 22.6 Å². The Bertz CT molecular complexity index is 457. The molecule has 0 nitrogen and oxygen atoms in total. The smallest absolute Gasteiger partial charge is 0.0191 e. The van der Waals surface area contributed by atoms with Crippen LogP contribution in [0.2, 0.25) is 0 Å². The van der Waals surface area contributed by atoms with E-state index in [4.69, 9.17) is 0 Å². The Labute approximate surface area is 103 Å². The first-order valence-corrected chi connectivity index (χ1v) is 6.68. The minimum Gasteiger partial charge on any atom is -0.0853 e. The van der Waals surface area contributed by atoms with Crippen LogP contribution in [0.4, 0.5) is 0 Å². The number of fused-ring (bicyclic) bond motifs is 3. The lowest BCUT2D eigenvalue weighted by atomic mass is 10.00. The summed E-state index contributed by atoms with van der Waals surface area (Å²) in [6.07, 6.45) is 0. The molecule has 0 bridgehead atoms. The monoisotopic (exact) mass is 306 g/mol. The molecule has 0 amide bonds. The molecule has 74 valence electrons. The maximum atomic E-state index is 2.48. The molecule has 1 heteroatoms. The van der Waals surface area contributed by atoms with Crippen molar-refractivity contribution >= 4 is 22.6 Å². The van der Waals surface area contributed by atoms with Crippen LogP contribution in [0.25, 0.3) is 11.1 Å². The lowest BCUT2D eigenvalue weighted by Gasteiger charge is -2.08. The van der Waals surface area contributed by atoms with Crippen LogP contribution in [-0.2, 0) is 0 Å². The van der Waals surface area contributed by atoms with E-state index in [-0.39, 0.29) is 0 Å². The molecule has 15 heavy (non-hydrogen) atoms. The maximum absolute atomic E-state index is 2.48. The standard InChI is InChI=1S/C14H11I/c15-9-14-12-7-3-1-5-10(12)11-6-2-4-8-13(11)14/h1-8,14H,9H2. The Morgan fingerprint density at radius 3 is 1.73 bits per heavy atom. The van der Waals surface area contributed by atoms with Gasteiger partial charge in [-0.2, -0.15) is 0 Å². The topological polar surface area (TPSA) is 0 Å². The Morgan fingerprint density at radius 1 is 0.800 bits per heavy atom. The second-order valence-corrected chi connectivity index (χ2v) is 4.76. The van der Waals surface area contributed by atoms with Crippen molar-refractivity contribution in [3.05, 3.63) is 59.7 Å². The van der Waals surface area contributed by atoms with Crippen LogP contribution in [-0.4, -0.2) is 4.43 Å². The summed E-state index contributed by atoms with van der Waals surface area (Å²) < 4.78 is 1.16. The van der Waals surface area contributed by atoms with Crippen molar-refractivity contribution in [1.29, 1.82) is 0 Å². The first kappa shape index (κ1) is 9.40. The van der Waals surface area contributed by atoms with E-state index in [1.54, 1.807) is 0 Å². The largest absolute Gasteiger partial charge is 0.0853 e. The lowest BCUT2D eigenvalue weighted by Crippen LogP contribution is -1.96. The van der Waals surface area contributed by atoms with Gasteiger partial charge in [0.25, 0.3) is 0 Å². The van der Waals surface area contributed by atoms with Crippen molar-refractivity contribution < 1.29 is 0 Å². The molecular weight excluding hydrogens is 295 g/mol. The van der Waals surface area contributed by atoms with Crippen LogP contribution < -0.4 is 0 Å². The van der Waals surface area contributed by atoms with E-state index in [1.165, 1.54) is 22.3 Å². The third-order valence-electron chi connectivity index (χ3n) is 3.12. The van der Waals surface area contributed by atoms with E-state index in [2.05, 4.69) is 71.1 Å². The second-order valence-electron chi connectivity index (χ2n) is 3.88. The maximum Gasteiger partial charge on any atom is 0.0191 e. The molecular formula is C14H11I. The minimum atomic E-state index is 0.595. The Kier molecular flexibility index (Phi) is 2.28. The van der Waals surface area contributed by atoms with Gasteiger partial charge in [-0.25, -0.2) is 0 Å². The molecule has 1 aliphatic rings. The highest BCUT2D eigenvalue weighted by Gasteiger charge is 2.26. The summed E-state index contributed by atoms with van der Waals surface area (Å²) in [6, 6.07) is 17.5. The first-order valence-electron chi connectivity index (χ1n) is 5.16. The van der Waals surface area contributed by atoms with E-state index in [0.717, 1.165) is 4.43 Å². The van der Waals surface area contributed by atoms with Crippen molar-refractivity contribution in [3.63, 3.8) is 0 Å². The normalized spacial score (nSPS) is 13.7. The van der Waals surface area contributed by atoms with Gasteiger partial charge in [-0.3, -0.25) is 0 Å². The number of hydrogen-bond acceptors (Lipinski definition) is 0. The molecule has 2 aromatic carbocycles. The predicted octanol–water partition coefficient (Wildman–Crippen LogP) is 4.23. The molecule has 0 spiro atoms. The molecule has 0 fully saturated rings. The average molecular weight is 306 g/mol. The van der Waals surface area contributed by atoms with Gasteiger partial charge < -0.3 is 0 Å². The van der Waals surface area contributed by atoms with Crippen molar-refractivity contribution in [3.8, 4) is 11.1 Å². The van der Waals surface area contributed by atoms with E-state index < -0.39 is 0 Å². The van der Waals surface area contributed by atoms with Crippen LogP contribution in [0.1, 0.15) is 17.0 Å². The van der Waals surface area contributed by atoms with E-state index in [1.807, 2.05) is 0 Å². The van der Waals surface area contributed by atoms with Gasteiger partial charge in [0.05, 0.1) is 0 Å². The molecule has 0 N–H and O–H groups in total. The summed E-state index contributed by atoms with van der Waals surface area (Å²) in [6.45, 7) is 0. The van der Waals surface area contributed by atoms with Crippen molar-refractivity contribution in [2.24, 2.45) is 0 Å². The molecule has 0 radical (unpaired) electrons. The van der Waals surface area contributed by atoms with Crippen molar-refractivity contribution in [2.45, 2.75) is 5.92 Å². The van der Waals surface area contributed by atoms with Gasteiger partial charge in [-0.05, 0) is 22.3 Å². The summed E-state index contributed by atoms with van der Waals surface area (Å²) >= 11 is 2.48. The van der Waals surface area contributed by atoms with Gasteiger partial charge in [-0.1, -0.05) is 71.1 Å². The highest BCUT2D eigenvalue weighted by molar-refractivity contribution is 14.1. The Hall–Kier alpha value is -0.830. The predicted molar refractivity (Wildman–Crippen MR) is 72.6 cm³/mol. The summed E-state index contributed by atoms with van der Waals surface area (Å²) in [4.78, 5) is 0. The second kappa shape index (κ2) is 3.63. The highest BCUT2D eigenvalue weighted by Crippen LogP contribution is 2.44. The molecule has 0 aromatic heterocycles. The SMILES string of the molecule is ICC1c2ccccc2-c2ccccc21. The van der Waals surface area contributed by atoms with Gasteiger partial charge in [0, 0.05) is 10.3 Å². The fourth-order valence-corrected chi connectivity index (χ4v) is 3.37. The first-order chi connectivity index (χ1) is 7.42. The lowest BCUT2D eigenvalue weighted by molar-refractivity contribution is 0.990. The van der Waals surface area contributed by atoms with Crippen LogP contribution in [0.5, 0.6) is 0 Å². The van der Waals surface area contributed by atoms with Gasteiger partial charge >= 0.3 is 0 Å². The summed E-state index contributed by atoms with van der Waals surface area (Å²) in [5.41, 5.74) is 5.84. The fraction of sp³-hybridized carbons (Fsp3) is 0.143. The third-order valence-corrected chi connectivity index (χ3v) is 4.00. The summed E-state index contributed by atoms with van der Waals surface area (Å²) in [5.74, 6) is 0.595. The minimum absolute atomic E-state index is 0.595. The molecule has 0 atom stereocenters. The molecule has 0 saturated carbocycles. The van der Waals surface area contributed by atoms with E-state index >= 15 is 0 Å². The molecule has 0 saturated heterocycles. The van der Waals surface area contributed by atoms with Crippen molar-refractivity contribution in [1.82, 2.24) is 0 Å². The number of rotatable bonds is 1. The van der Waals surface area contributed by atoms with E-state index in [9.17, 15) is 0 Å². The molecule has 0 aliphatic heterocycles. The van der Waals surface area contributed by atoms with Gasteiger partial charge in [0.1, 0.15) is 0 Å². The molecule has 0 heterocycles. The van der Waals surface area contributed by atoms with Gasteiger partial charge in [-0.15, -0.1) is 0 Å². The zero-order chi connectivity index (χ0) is 10.3. The molecule has 3 rings (SSSR count).